The van der Waals surface area contributed by atoms with Crippen molar-refractivity contribution in [3.8, 4) is 0 Å². The first-order valence-corrected chi connectivity index (χ1v) is 8.52. The molecule has 0 saturated heterocycles. The molecule has 0 aromatic rings. The number of hydrogen-bond donors (Lipinski definition) is 1. The Bertz CT molecular complexity index is 239. The zero-order chi connectivity index (χ0) is 13.9. The lowest BCUT2D eigenvalue weighted by atomic mass is 9.89. The Labute approximate surface area is 119 Å². The van der Waals surface area contributed by atoms with Crippen molar-refractivity contribution in [1.82, 2.24) is 0 Å². The lowest BCUT2D eigenvalue weighted by molar-refractivity contribution is -0.123. The summed E-state index contributed by atoms with van der Waals surface area (Å²) in [6.45, 7) is 2.96. The highest BCUT2D eigenvalue weighted by Crippen LogP contribution is 2.32. The first-order chi connectivity index (χ1) is 9.29. The third-order valence-corrected chi connectivity index (χ3v) is 4.65. The number of rotatable bonds is 11. The van der Waals surface area contributed by atoms with Crippen LogP contribution in [0.4, 0.5) is 0 Å². The minimum atomic E-state index is 0.301. The van der Waals surface area contributed by atoms with Gasteiger partial charge in [-0.05, 0) is 31.7 Å². The van der Waals surface area contributed by atoms with Crippen LogP contribution in [0.5, 0.6) is 0 Å². The van der Waals surface area contributed by atoms with Crippen molar-refractivity contribution in [2.24, 2.45) is 17.6 Å². The van der Waals surface area contributed by atoms with E-state index in [2.05, 4.69) is 6.92 Å². The molecule has 2 nitrogen and oxygen atoms in total. The maximum Gasteiger partial charge on any atom is 0.136 e. The van der Waals surface area contributed by atoms with Crippen LogP contribution in [0, 0.1) is 11.8 Å². The Hall–Kier alpha value is -0.370. The lowest BCUT2D eigenvalue weighted by Gasteiger charge is -2.16. The number of nitrogens with two attached hydrogens (primary N) is 1. The minimum Gasteiger partial charge on any atom is -0.330 e. The molecule has 2 atom stereocenters. The number of hydrogen-bond acceptors (Lipinski definition) is 2. The fourth-order valence-corrected chi connectivity index (χ4v) is 3.36. The number of unbranched alkanes of at least 4 members (excludes halogenated alkanes) is 7. The summed E-state index contributed by atoms with van der Waals surface area (Å²) in [5, 5.41) is 0. The minimum absolute atomic E-state index is 0.301. The molecule has 1 fully saturated rings. The van der Waals surface area contributed by atoms with Gasteiger partial charge in [0.15, 0.2) is 0 Å². The molecule has 0 spiro atoms. The van der Waals surface area contributed by atoms with Crippen LogP contribution in [-0.2, 0) is 4.79 Å². The molecule has 112 valence electrons. The predicted octanol–water partition coefficient (Wildman–Crippen LogP) is 4.46. The molecule has 1 rings (SSSR count). The molecule has 0 aliphatic heterocycles. The van der Waals surface area contributed by atoms with E-state index in [9.17, 15) is 4.79 Å². The molecule has 2 unspecified atom stereocenters. The Morgan fingerprint density at radius 2 is 1.63 bits per heavy atom. The standard InChI is InChI=1S/C17H33NO/c1-2-3-4-5-6-7-8-9-13-17(19)16-12-10-11-15(16)14-18/h15-16H,2-14,18H2,1H3. The molecule has 0 radical (unpaired) electrons. The summed E-state index contributed by atoms with van der Waals surface area (Å²) in [5.41, 5.74) is 5.74. The summed E-state index contributed by atoms with van der Waals surface area (Å²) >= 11 is 0. The third-order valence-electron chi connectivity index (χ3n) is 4.65. The van der Waals surface area contributed by atoms with Gasteiger partial charge < -0.3 is 5.73 Å². The van der Waals surface area contributed by atoms with Gasteiger partial charge in [0.1, 0.15) is 5.78 Å². The summed E-state index contributed by atoms with van der Waals surface area (Å²) in [6, 6.07) is 0. The van der Waals surface area contributed by atoms with E-state index in [0.717, 1.165) is 19.3 Å². The monoisotopic (exact) mass is 267 g/mol. The van der Waals surface area contributed by atoms with Gasteiger partial charge in [-0.15, -0.1) is 0 Å². The summed E-state index contributed by atoms with van der Waals surface area (Å²) in [7, 11) is 0. The topological polar surface area (TPSA) is 43.1 Å². The second-order valence-electron chi connectivity index (χ2n) is 6.22. The molecular weight excluding hydrogens is 234 g/mol. The van der Waals surface area contributed by atoms with Gasteiger partial charge in [0.05, 0.1) is 0 Å². The van der Waals surface area contributed by atoms with Crippen LogP contribution < -0.4 is 5.73 Å². The Morgan fingerprint density at radius 3 is 2.26 bits per heavy atom. The van der Waals surface area contributed by atoms with Crippen LogP contribution in [0.2, 0.25) is 0 Å². The second-order valence-corrected chi connectivity index (χ2v) is 6.22. The largest absolute Gasteiger partial charge is 0.330 e. The molecule has 0 bridgehead atoms. The van der Waals surface area contributed by atoms with Crippen LogP contribution in [0.15, 0.2) is 0 Å². The second kappa shape index (κ2) is 10.4. The highest BCUT2D eigenvalue weighted by Gasteiger charge is 2.30. The molecule has 2 N–H and O–H groups in total. The summed E-state index contributed by atoms with van der Waals surface area (Å²) in [6.07, 6.45) is 14.7. The van der Waals surface area contributed by atoms with Gasteiger partial charge in [-0.3, -0.25) is 4.79 Å². The molecule has 1 aliphatic carbocycles. The molecule has 1 aliphatic rings. The molecule has 0 amide bonds. The van der Waals surface area contributed by atoms with Crippen LogP contribution in [0.3, 0.4) is 0 Å². The van der Waals surface area contributed by atoms with Crippen molar-refractivity contribution in [3.05, 3.63) is 0 Å². The van der Waals surface area contributed by atoms with E-state index in [1.54, 1.807) is 0 Å². The van der Waals surface area contributed by atoms with Crippen molar-refractivity contribution < 1.29 is 4.79 Å². The van der Waals surface area contributed by atoms with Gasteiger partial charge in [-0.25, -0.2) is 0 Å². The fourth-order valence-electron chi connectivity index (χ4n) is 3.36. The predicted molar refractivity (Wildman–Crippen MR) is 82.1 cm³/mol. The van der Waals surface area contributed by atoms with Gasteiger partial charge in [-0.1, -0.05) is 58.3 Å². The number of ketones is 1. The van der Waals surface area contributed by atoms with Crippen molar-refractivity contribution in [2.45, 2.75) is 84.0 Å². The molecule has 0 aromatic carbocycles. The lowest BCUT2D eigenvalue weighted by Crippen LogP contribution is -2.25. The zero-order valence-corrected chi connectivity index (χ0v) is 12.8. The molecule has 0 heterocycles. The summed E-state index contributed by atoms with van der Waals surface area (Å²) in [5.74, 6) is 1.29. The highest BCUT2D eigenvalue weighted by atomic mass is 16.1. The Balaban J connectivity index is 1.98. The van der Waals surface area contributed by atoms with Crippen molar-refractivity contribution >= 4 is 5.78 Å². The van der Waals surface area contributed by atoms with Gasteiger partial charge in [0.25, 0.3) is 0 Å². The molecule has 19 heavy (non-hydrogen) atoms. The summed E-state index contributed by atoms with van der Waals surface area (Å²) in [4.78, 5) is 12.1. The highest BCUT2D eigenvalue weighted by molar-refractivity contribution is 5.81. The average Bonchev–Trinajstić information content (AvgIpc) is 2.90. The van der Waals surface area contributed by atoms with Crippen molar-refractivity contribution in [1.29, 1.82) is 0 Å². The number of carbonyl (C=O) groups excluding carboxylic acids is 1. The maximum absolute atomic E-state index is 12.1. The molecule has 2 heteroatoms. The van der Waals surface area contributed by atoms with Gasteiger partial charge in [0.2, 0.25) is 0 Å². The van der Waals surface area contributed by atoms with Gasteiger partial charge in [-0.2, -0.15) is 0 Å². The van der Waals surface area contributed by atoms with E-state index < -0.39 is 0 Å². The first kappa shape index (κ1) is 16.7. The normalized spacial score (nSPS) is 22.8. The number of carbonyl (C=O) groups is 1. The fraction of sp³-hybridized carbons (Fsp3) is 0.941. The van der Waals surface area contributed by atoms with E-state index in [0.29, 0.717) is 24.2 Å². The molecular formula is C17H33NO. The van der Waals surface area contributed by atoms with Crippen molar-refractivity contribution in [3.63, 3.8) is 0 Å². The van der Waals surface area contributed by atoms with Gasteiger partial charge >= 0.3 is 0 Å². The van der Waals surface area contributed by atoms with Crippen LogP contribution in [0.1, 0.15) is 84.0 Å². The van der Waals surface area contributed by atoms with E-state index in [1.165, 1.54) is 57.8 Å². The first-order valence-electron chi connectivity index (χ1n) is 8.52. The SMILES string of the molecule is CCCCCCCCCCC(=O)C1CCCC1CN. The van der Waals surface area contributed by atoms with Gasteiger partial charge in [0, 0.05) is 12.3 Å². The zero-order valence-electron chi connectivity index (χ0n) is 12.8. The Morgan fingerprint density at radius 1 is 1.00 bits per heavy atom. The summed E-state index contributed by atoms with van der Waals surface area (Å²) < 4.78 is 0. The van der Waals surface area contributed by atoms with Crippen LogP contribution >= 0.6 is 0 Å². The van der Waals surface area contributed by atoms with E-state index in [4.69, 9.17) is 5.73 Å². The smallest absolute Gasteiger partial charge is 0.136 e. The van der Waals surface area contributed by atoms with Crippen LogP contribution in [0.25, 0.3) is 0 Å². The third kappa shape index (κ3) is 6.56. The maximum atomic E-state index is 12.1. The number of Topliss-reactive ketones (excluding diaryl/α,β-unsaturated/α-hetero) is 1. The quantitative estimate of drug-likeness (QED) is 0.562. The van der Waals surface area contributed by atoms with E-state index in [-0.39, 0.29) is 0 Å². The molecule has 0 aromatic heterocycles. The Kier molecular flexibility index (Phi) is 9.15. The van der Waals surface area contributed by atoms with Crippen LogP contribution in [-0.4, -0.2) is 12.3 Å². The van der Waals surface area contributed by atoms with E-state index in [1.807, 2.05) is 0 Å². The molecule has 1 saturated carbocycles. The van der Waals surface area contributed by atoms with Crippen molar-refractivity contribution in [2.75, 3.05) is 6.54 Å². The average molecular weight is 267 g/mol. The van der Waals surface area contributed by atoms with E-state index >= 15 is 0 Å².